The molecule has 2 atom stereocenters. The third kappa shape index (κ3) is 4.02. The highest BCUT2D eigenvalue weighted by Gasteiger charge is 2.39. The van der Waals surface area contributed by atoms with Gasteiger partial charge in [0.2, 0.25) is 5.91 Å². The minimum Gasteiger partial charge on any atom is -0.325 e. The number of amides is 1. The number of hydrogen-bond donors (Lipinski definition) is 1. The number of rotatable bonds is 5. The Morgan fingerprint density at radius 2 is 1.62 bits per heavy atom. The van der Waals surface area contributed by atoms with E-state index in [0.717, 1.165) is 10.6 Å². The SMILES string of the molecule is CC(Cl)C(C)(Sc1ccccc1)C(=O)Nc1ccccc1. The number of carbonyl (C=O) groups excluding carboxylic acids is 1. The average Bonchev–Trinajstić information content (AvgIpc) is 2.49. The summed E-state index contributed by atoms with van der Waals surface area (Å²) >= 11 is 7.80. The monoisotopic (exact) mass is 319 g/mol. The van der Waals surface area contributed by atoms with E-state index in [-0.39, 0.29) is 11.3 Å². The van der Waals surface area contributed by atoms with Crippen molar-refractivity contribution in [1.82, 2.24) is 0 Å². The van der Waals surface area contributed by atoms with E-state index in [1.165, 1.54) is 11.8 Å². The van der Waals surface area contributed by atoms with Gasteiger partial charge in [-0.25, -0.2) is 0 Å². The first-order chi connectivity index (χ1) is 10.0. The number of para-hydroxylation sites is 1. The van der Waals surface area contributed by atoms with E-state index < -0.39 is 4.75 Å². The van der Waals surface area contributed by atoms with E-state index in [1.54, 1.807) is 0 Å². The smallest absolute Gasteiger partial charge is 0.242 e. The third-order valence-electron chi connectivity index (χ3n) is 3.31. The molecule has 0 bridgehead atoms. The Balaban J connectivity index is 2.19. The van der Waals surface area contributed by atoms with Crippen LogP contribution in [0.5, 0.6) is 0 Å². The summed E-state index contributed by atoms with van der Waals surface area (Å²) in [6.45, 7) is 3.72. The number of anilines is 1. The molecule has 0 fully saturated rings. The zero-order valence-electron chi connectivity index (χ0n) is 12.0. The Morgan fingerprint density at radius 1 is 1.10 bits per heavy atom. The van der Waals surface area contributed by atoms with Crippen molar-refractivity contribution in [2.24, 2.45) is 0 Å². The van der Waals surface area contributed by atoms with Gasteiger partial charge in [0.05, 0.1) is 5.38 Å². The van der Waals surface area contributed by atoms with Gasteiger partial charge in [0, 0.05) is 10.6 Å². The molecule has 0 saturated heterocycles. The summed E-state index contributed by atoms with van der Waals surface area (Å²) < 4.78 is -0.751. The van der Waals surface area contributed by atoms with Gasteiger partial charge in [0.15, 0.2) is 0 Å². The molecule has 2 nitrogen and oxygen atoms in total. The van der Waals surface area contributed by atoms with Crippen LogP contribution in [-0.4, -0.2) is 16.0 Å². The maximum atomic E-state index is 12.7. The highest BCUT2D eigenvalue weighted by molar-refractivity contribution is 8.01. The molecule has 0 aliphatic heterocycles. The number of alkyl halides is 1. The fraction of sp³-hybridized carbons (Fsp3) is 0.235. The van der Waals surface area contributed by atoms with Gasteiger partial charge in [-0.15, -0.1) is 23.4 Å². The largest absolute Gasteiger partial charge is 0.325 e. The number of carbonyl (C=O) groups is 1. The zero-order valence-corrected chi connectivity index (χ0v) is 13.6. The lowest BCUT2D eigenvalue weighted by Crippen LogP contribution is -2.43. The molecule has 1 N–H and O–H groups in total. The van der Waals surface area contributed by atoms with Crippen molar-refractivity contribution >= 4 is 35.0 Å². The maximum Gasteiger partial charge on any atom is 0.242 e. The lowest BCUT2D eigenvalue weighted by molar-refractivity contribution is -0.118. The lowest BCUT2D eigenvalue weighted by Gasteiger charge is -2.30. The topological polar surface area (TPSA) is 29.1 Å². The van der Waals surface area contributed by atoms with E-state index in [9.17, 15) is 4.79 Å². The molecule has 2 rings (SSSR count). The minimum absolute atomic E-state index is 0.0925. The van der Waals surface area contributed by atoms with Crippen LogP contribution in [0.25, 0.3) is 0 Å². The minimum atomic E-state index is -0.751. The van der Waals surface area contributed by atoms with Crippen LogP contribution >= 0.6 is 23.4 Å². The van der Waals surface area contributed by atoms with Gasteiger partial charge in [-0.2, -0.15) is 0 Å². The fourth-order valence-electron chi connectivity index (χ4n) is 1.82. The Hall–Kier alpha value is -1.45. The highest BCUT2D eigenvalue weighted by Crippen LogP contribution is 2.38. The van der Waals surface area contributed by atoms with Crippen LogP contribution in [0.2, 0.25) is 0 Å². The summed E-state index contributed by atoms with van der Waals surface area (Å²) in [5.41, 5.74) is 0.778. The van der Waals surface area contributed by atoms with Crippen molar-refractivity contribution in [3.63, 3.8) is 0 Å². The van der Waals surface area contributed by atoms with Crippen molar-refractivity contribution in [2.75, 3.05) is 5.32 Å². The summed E-state index contributed by atoms with van der Waals surface area (Å²) in [7, 11) is 0. The third-order valence-corrected chi connectivity index (χ3v) is 5.35. The highest BCUT2D eigenvalue weighted by atomic mass is 35.5. The maximum absolute atomic E-state index is 12.7. The van der Waals surface area contributed by atoms with E-state index in [2.05, 4.69) is 5.32 Å². The molecule has 21 heavy (non-hydrogen) atoms. The number of thioether (sulfide) groups is 1. The van der Waals surface area contributed by atoms with E-state index in [4.69, 9.17) is 11.6 Å². The van der Waals surface area contributed by atoms with Gasteiger partial charge in [-0.3, -0.25) is 4.79 Å². The molecule has 0 radical (unpaired) electrons. The molecule has 2 aromatic carbocycles. The standard InChI is InChI=1S/C17H18ClNOS/c1-13(18)17(2,21-15-11-7-4-8-12-15)16(20)19-14-9-5-3-6-10-14/h3-13H,1-2H3,(H,19,20). The van der Waals surface area contributed by atoms with Gasteiger partial charge >= 0.3 is 0 Å². The first-order valence-electron chi connectivity index (χ1n) is 6.77. The number of nitrogens with one attached hydrogen (secondary N) is 1. The lowest BCUT2D eigenvalue weighted by atomic mass is 10.1. The van der Waals surface area contributed by atoms with Gasteiger partial charge in [0.25, 0.3) is 0 Å². The second-order valence-electron chi connectivity index (χ2n) is 4.96. The van der Waals surface area contributed by atoms with Crippen molar-refractivity contribution in [3.8, 4) is 0 Å². The van der Waals surface area contributed by atoms with Crippen molar-refractivity contribution in [1.29, 1.82) is 0 Å². The molecule has 0 saturated carbocycles. The normalized spacial score (nSPS) is 15.0. The van der Waals surface area contributed by atoms with Crippen LogP contribution in [0.4, 0.5) is 5.69 Å². The van der Waals surface area contributed by atoms with Crippen LogP contribution in [0, 0.1) is 0 Å². The molecule has 2 unspecified atom stereocenters. The predicted molar refractivity (Wildman–Crippen MR) is 91.1 cm³/mol. The van der Waals surface area contributed by atoms with Crippen molar-refractivity contribution in [3.05, 3.63) is 60.7 Å². The van der Waals surface area contributed by atoms with Gasteiger partial charge < -0.3 is 5.32 Å². The molecule has 0 aromatic heterocycles. The molecular weight excluding hydrogens is 302 g/mol. The molecule has 0 heterocycles. The molecule has 0 aliphatic carbocycles. The number of benzene rings is 2. The van der Waals surface area contributed by atoms with E-state index in [0.29, 0.717) is 0 Å². The van der Waals surface area contributed by atoms with Crippen LogP contribution < -0.4 is 5.32 Å². The molecule has 1 amide bonds. The van der Waals surface area contributed by atoms with Crippen LogP contribution in [0.15, 0.2) is 65.6 Å². The first-order valence-corrected chi connectivity index (χ1v) is 8.02. The molecular formula is C17H18ClNOS. The Morgan fingerprint density at radius 3 is 2.14 bits per heavy atom. The van der Waals surface area contributed by atoms with Crippen molar-refractivity contribution < 1.29 is 4.79 Å². The second-order valence-corrected chi connectivity index (χ2v) is 7.14. The Kier molecular flexibility index (Phi) is 5.32. The van der Waals surface area contributed by atoms with Crippen LogP contribution in [0.1, 0.15) is 13.8 Å². The summed E-state index contributed by atoms with van der Waals surface area (Å²) in [6, 6.07) is 19.3. The Labute approximate surface area is 134 Å². The summed E-state index contributed by atoms with van der Waals surface area (Å²) in [5.74, 6) is -0.0925. The summed E-state index contributed by atoms with van der Waals surface area (Å²) in [5, 5.41) is 2.63. The van der Waals surface area contributed by atoms with E-state index in [1.807, 2.05) is 74.5 Å². The summed E-state index contributed by atoms with van der Waals surface area (Å²) in [6.07, 6.45) is 0. The van der Waals surface area contributed by atoms with E-state index >= 15 is 0 Å². The van der Waals surface area contributed by atoms with Crippen molar-refractivity contribution in [2.45, 2.75) is 28.9 Å². The second kappa shape index (κ2) is 7.01. The predicted octanol–water partition coefficient (Wildman–Crippen LogP) is 4.80. The summed E-state index contributed by atoms with van der Waals surface area (Å²) in [4.78, 5) is 13.7. The molecule has 110 valence electrons. The first kappa shape index (κ1) is 15.9. The number of halogens is 1. The zero-order chi connectivity index (χ0) is 15.3. The fourth-order valence-corrected chi connectivity index (χ4v) is 3.14. The Bertz CT molecular complexity index is 588. The molecule has 0 spiro atoms. The molecule has 2 aromatic rings. The average molecular weight is 320 g/mol. The molecule has 4 heteroatoms. The number of hydrogen-bond acceptors (Lipinski definition) is 2. The quantitative estimate of drug-likeness (QED) is 0.633. The van der Waals surface area contributed by atoms with Gasteiger partial charge in [-0.1, -0.05) is 36.4 Å². The van der Waals surface area contributed by atoms with Crippen LogP contribution in [0.3, 0.4) is 0 Å². The van der Waals surface area contributed by atoms with Gasteiger partial charge in [0.1, 0.15) is 4.75 Å². The molecule has 0 aliphatic rings. The van der Waals surface area contributed by atoms with Crippen LogP contribution in [-0.2, 0) is 4.79 Å². The van der Waals surface area contributed by atoms with Gasteiger partial charge in [-0.05, 0) is 38.1 Å².